The Balaban J connectivity index is 2.78. The van der Waals surface area contributed by atoms with E-state index in [0.29, 0.717) is 6.42 Å². The fourth-order valence-corrected chi connectivity index (χ4v) is 2.49. The second kappa shape index (κ2) is 2.97. The Bertz CT molecular complexity index is 259. The van der Waals surface area contributed by atoms with Gasteiger partial charge in [-0.25, -0.2) is 0 Å². The first-order chi connectivity index (χ1) is 5.39. The Morgan fingerprint density at radius 2 is 2.17 bits per heavy atom. The quantitative estimate of drug-likeness (QED) is 0.637. The summed E-state index contributed by atoms with van der Waals surface area (Å²) in [5.41, 5.74) is 0. The molecule has 1 aliphatic rings. The van der Waals surface area contributed by atoms with Crippen molar-refractivity contribution in [1.29, 1.82) is 0 Å². The summed E-state index contributed by atoms with van der Waals surface area (Å²) in [5, 5.41) is 9.49. The zero-order chi connectivity index (χ0) is 9.41. The first-order valence-electron chi connectivity index (χ1n) is 4.08. The van der Waals surface area contributed by atoms with Gasteiger partial charge in [0.05, 0.1) is 0 Å². The summed E-state index contributed by atoms with van der Waals surface area (Å²) in [6.45, 7) is 1.94. The number of hydrogen-bond acceptors (Lipinski definition) is 3. The number of rotatable bonds is 2. The largest absolute Gasteiger partial charge is 0.372 e. The SMILES string of the molecule is CCC1CCC(O)(S(=O)(=O)O)C1. The van der Waals surface area contributed by atoms with Crippen LogP contribution in [0.1, 0.15) is 32.6 Å². The van der Waals surface area contributed by atoms with Gasteiger partial charge in [0, 0.05) is 0 Å². The molecule has 0 aromatic carbocycles. The maximum atomic E-state index is 10.7. The van der Waals surface area contributed by atoms with Crippen LogP contribution in [0.3, 0.4) is 0 Å². The average molecular weight is 194 g/mol. The fraction of sp³-hybridized carbons (Fsp3) is 1.00. The molecule has 1 saturated carbocycles. The molecular weight excluding hydrogens is 180 g/mol. The van der Waals surface area contributed by atoms with Crippen LogP contribution in [0, 0.1) is 5.92 Å². The van der Waals surface area contributed by atoms with E-state index in [-0.39, 0.29) is 18.8 Å². The molecule has 0 radical (unpaired) electrons. The lowest BCUT2D eigenvalue weighted by Crippen LogP contribution is -2.35. The van der Waals surface area contributed by atoms with Gasteiger partial charge in [-0.3, -0.25) is 4.55 Å². The van der Waals surface area contributed by atoms with E-state index in [2.05, 4.69) is 0 Å². The zero-order valence-corrected chi connectivity index (χ0v) is 7.84. The lowest BCUT2D eigenvalue weighted by atomic mass is 10.1. The highest BCUT2D eigenvalue weighted by Gasteiger charge is 2.46. The van der Waals surface area contributed by atoms with Crippen LogP contribution in [0.5, 0.6) is 0 Å². The molecule has 72 valence electrons. The van der Waals surface area contributed by atoms with Crippen LogP contribution >= 0.6 is 0 Å². The third kappa shape index (κ3) is 1.62. The van der Waals surface area contributed by atoms with Crippen molar-refractivity contribution in [2.45, 2.75) is 37.5 Å². The summed E-state index contributed by atoms with van der Waals surface area (Å²) in [7, 11) is -4.29. The highest BCUT2D eigenvalue weighted by atomic mass is 32.2. The minimum absolute atomic E-state index is 0.157. The van der Waals surface area contributed by atoms with Crippen LogP contribution in [0.4, 0.5) is 0 Å². The van der Waals surface area contributed by atoms with Gasteiger partial charge in [0.1, 0.15) is 0 Å². The van der Waals surface area contributed by atoms with Crippen LogP contribution < -0.4 is 0 Å². The van der Waals surface area contributed by atoms with E-state index in [4.69, 9.17) is 4.55 Å². The van der Waals surface area contributed by atoms with Crippen LogP contribution in [0.25, 0.3) is 0 Å². The summed E-state index contributed by atoms with van der Waals surface area (Å²) in [6, 6.07) is 0. The summed E-state index contributed by atoms with van der Waals surface area (Å²) in [5.74, 6) is 0.219. The van der Waals surface area contributed by atoms with Crippen LogP contribution in [0.2, 0.25) is 0 Å². The maximum Gasteiger partial charge on any atom is 0.294 e. The van der Waals surface area contributed by atoms with E-state index in [0.717, 1.165) is 6.42 Å². The Hall–Kier alpha value is -0.130. The molecule has 0 heterocycles. The van der Waals surface area contributed by atoms with Gasteiger partial charge in [0.25, 0.3) is 10.1 Å². The minimum Gasteiger partial charge on any atom is -0.372 e. The predicted molar refractivity (Wildman–Crippen MR) is 44.1 cm³/mol. The number of hydrogen-bond donors (Lipinski definition) is 2. The predicted octanol–water partition coefficient (Wildman–Crippen LogP) is 0.773. The van der Waals surface area contributed by atoms with Crippen molar-refractivity contribution in [3.05, 3.63) is 0 Å². The first kappa shape index (κ1) is 9.95. The molecule has 1 rings (SSSR count). The summed E-state index contributed by atoms with van der Waals surface area (Å²) >= 11 is 0. The Labute approximate surface area is 72.3 Å². The molecular formula is C7H14O4S. The lowest BCUT2D eigenvalue weighted by molar-refractivity contribution is 0.116. The van der Waals surface area contributed by atoms with Crippen LogP contribution in [-0.4, -0.2) is 23.0 Å². The lowest BCUT2D eigenvalue weighted by Gasteiger charge is -2.18. The summed E-state index contributed by atoms with van der Waals surface area (Å²) in [4.78, 5) is -1.87. The molecule has 2 unspecified atom stereocenters. The highest BCUT2D eigenvalue weighted by Crippen LogP contribution is 2.39. The standard InChI is InChI=1S/C7H14O4S/c1-2-6-3-4-7(8,5-6)12(9,10)11/h6,8H,2-5H2,1H3,(H,9,10,11). The van der Waals surface area contributed by atoms with Gasteiger partial charge in [0.2, 0.25) is 0 Å². The van der Waals surface area contributed by atoms with Crippen LogP contribution in [0.15, 0.2) is 0 Å². The normalized spacial score (nSPS) is 37.1. The van der Waals surface area contributed by atoms with E-state index >= 15 is 0 Å². The molecule has 2 atom stereocenters. The van der Waals surface area contributed by atoms with Crippen molar-refractivity contribution in [3.8, 4) is 0 Å². The van der Waals surface area contributed by atoms with Crippen molar-refractivity contribution in [2.75, 3.05) is 0 Å². The van der Waals surface area contributed by atoms with Crippen molar-refractivity contribution in [2.24, 2.45) is 5.92 Å². The van der Waals surface area contributed by atoms with Gasteiger partial charge in [-0.2, -0.15) is 8.42 Å². The van der Waals surface area contributed by atoms with Crippen molar-refractivity contribution < 1.29 is 18.1 Å². The topological polar surface area (TPSA) is 74.6 Å². The van der Waals surface area contributed by atoms with E-state index in [9.17, 15) is 13.5 Å². The Morgan fingerprint density at radius 1 is 1.58 bits per heavy atom. The average Bonchev–Trinajstić information content (AvgIpc) is 2.31. The third-order valence-corrected chi connectivity index (χ3v) is 3.94. The molecule has 0 amide bonds. The second-order valence-electron chi connectivity index (χ2n) is 3.44. The molecule has 0 saturated heterocycles. The molecule has 1 fully saturated rings. The molecule has 5 heteroatoms. The summed E-state index contributed by atoms with van der Waals surface area (Å²) < 4.78 is 30.2. The van der Waals surface area contributed by atoms with E-state index in [1.54, 1.807) is 0 Å². The van der Waals surface area contributed by atoms with E-state index < -0.39 is 15.1 Å². The minimum atomic E-state index is -4.29. The zero-order valence-electron chi connectivity index (χ0n) is 7.02. The van der Waals surface area contributed by atoms with Gasteiger partial charge in [-0.1, -0.05) is 13.3 Å². The molecule has 0 aromatic heterocycles. The van der Waals surface area contributed by atoms with Crippen molar-refractivity contribution in [3.63, 3.8) is 0 Å². The molecule has 1 aliphatic carbocycles. The molecule has 0 aromatic rings. The maximum absolute atomic E-state index is 10.7. The second-order valence-corrected chi connectivity index (χ2v) is 5.15. The molecule has 4 nitrogen and oxygen atoms in total. The summed E-state index contributed by atoms with van der Waals surface area (Å²) in [6.07, 6.45) is 1.84. The Morgan fingerprint density at radius 3 is 2.42 bits per heavy atom. The van der Waals surface area contributed by atoms with Gasteiger partial charge in [-0.15, -0.1) is 0 Å². The van der Waals surface area contributed by atoms with Gasteiger partial charge in [-0.05, 0) is 25.2 Å². The first-order valence-corrected chi connectivity index (χ1v) is 5.52. The molecule has 2 N–H and O–H groups in total. The fourth-order valence-electron chi connectivity index (χ4n) is 1.67. The molecule has 0 bridgehead atoms. The van der Waals surface area contributed by atoms with E-state index in [1.165, 1.54) is 0 Å². The Kier molecular flexibility index (Phi) is 2.47. The van der Waals surface area contributed by atoms with Crippen LogP contribution in [-0.2, 0) is 10.1 Å². The third-order valence-electron chi connectivity index (χ3n) is 2.61. The molecule has 12 heavy (non-hydrogen) atoms. The number of aliphatic hydroxyl groups is 1. The smallest absolute Gasteiger partial charge is 0.294 e. The van der Waals surface area contributed by atoms with Gasteiger partial charge in [0.15, 0.2) is 4.93 Å². The highest BCUT2D eigenvalue weighted by molar-refractivity contribution is 7.87. The van der Waals surface area contributed by atoms with Gasteiger partial charge < -0.3 is 5.11 Å². The van der Waals surface area contributed by atoms with Crippen molar-refractivity contribution in [1.82, 2.24) is 0 Å². The van der Waals surface area contributed by atoms with E-state index in [1.807, 2.05) is 6.92 Å². The monoisotopic (exact) mass is 194 g/mol. The van der Waals surface area contributed by atoms with Gasteiger partial charge >= 0.3 is 0 Å². The molecule has 0 spiro atoms. The van der Waals surface area contributed by atoms with Crippen molar-refractivity contribution >= 4 is 10.1 Å². The molecule has 0 aliphatic heterocycles.